The monoisotopic (exact) mass is 373 g/mol. The van der Waals surface area contributed by atoms with E-state index in [-0.39, 0.29) is 12.5 Å². The van der Waals surface area contributed by atoms with Gasteiger partial charge in [0.2, 0.25) is 11.9 Å². The molecule has 0 aliphatic rings. The Balaban J connectivity index is 1.61. The van der Waals surface area contributed by atoms with E-state index in [2.05, 4.69) is 20.7 Å². The Labute approximate surface area is 161 Å². The number of fused-ring (bicyclic) bond motifs is 1. The maximum Gasteiger partial charge on any atom is 0.247 e. The Kier molecular flexibility index (Phi) is 4.74. The van der Waals surface area contributed by atoms with Crippen molar-refractivity contribution in [2.24, 2.45) is 0 Å². The summed E-state index contributed by atoms with van der Waals surface area (Å²) >= 11 is 0. The molecule has 2 aromatic heterocycles. The average molecular weight is 373 g/mol. The fraction of sp³-hybridized carbons (Fsp3) is 0.0952. The van der Waals surface area contributed by atoms with Crippen LogP contribution in [0.5, 0.6) is 0 Å². The van der Waals surface area contributed by atoms with Gasteiger partial charge in [0.15, 0.2) is 5.65 Å². The summed E-state index contributed by atoms with van der Waals surface area (Å²) in [4.78, 5) is 15.7. The predicted molar refractivity (Wildman–Crippen MR) is 108 cm³/mol. The second-order valence-corrected chi connectivity index (χ2v) is 6.36. The molecule has 7 nitrogen and oxygen atoms in total. The van der Waals surface area contributed by atoms with Gasteiger partial charge < -0.3 is 15.7 Å². The summed E-state index contributed by atoms with van der Waals surface area (Å²) in [6, 6.07) is 19.0. The molecule has 3 N–H and O–H groups in total. The van der Waals surface area contributed by atoms with Crippen molar-refractivity contribution >= 4 is 28.9 Å². The van der Waals surface area contributed by atoms with Crippen LogP contribution in [0.4, 0.5) is 17.3 Å². The average Bonchev–Trinajstić information content (AvgIpc) is 3.11. The number of rotatable bonds is 5. The van der Waals surface area contributed by atoms with Crippen LogP contribution in [0.2, 0.25) is 0 Å². The molecule has 4 aromatic rings. The Hall–Kier alpha value is -3.71. The first-order valence-electron chi connectivity index (χ1n) is 8.82. The van der Waals surface area contributed by atoms with E-state index >= 15 is 0 Å². The summed E-state index contributed by atoms with van der Waals surface area (Å²) in [6.45, 7) is 1.49. The second-order valence-electron chi connectivity index (χ2n) is 6.36. The Morgan fingerprint density at radius 1 is 1.04 bits per heavy atom. The van der Waals surface area contributed by atoms with E-state index in [0.29, 0.717) is 5.95 Å². The van der Waals surface area contributed by atoms with E-state index in [1.165, 1.54) is 6.92 Å². The third-order valence-electron chi connectivity index (χ3n) is 4.27. The van der Waals surface area contributed by atoms with Gasteiger partial charge >= 0.3 is 0 Å². The minimum atomic E-state index is -0.109. The molecule has 0 aliphatic heterocycles. The van der Waals surface area contributed by atoms with Crippen molar-refractivity contribution in [1.82, 2.24) is 14.6 Å². The Morgan fingerprint density at radius 3 is 2.43 bits per heavy atom. The molecule has 0 saturated carbocycles. The maximum atomic E-state index is 11.1. The van der Waals surface area contributed by atoms with Crippen LogP contribution in [-0.2, 0) is 11.4 Å². The van der Waals surface area contributed by atoms with Gasteiger partial charge in [-0.3, -0.25) is 4.79 Å². The zero-order valence-corrected chi connectivity index (χ0v) is 15.3. The summed E-state index contributed by atoms with van der Waals surface area (Å²) in [5, 5.41) is 19.6. The summed E-state index contributed by atoms with van der Waals surface area (Å²) in [5.41, 5.74) is 5.10. The fourth-order valence-electron chi connectivity index (χ4n) is 2.94. The van der Waals surface area contributed by atoms with Gasteiger partial charge in [0.1, 0.15) is 0 Å². The minimum absolute atomic E-state index is 0.0181. The van der Waals surface area contributed by atoms with Crippen molar-refractivity contribution in [2.75, 3.05) is 10.6 Å². The van der Waals surface area contributed by atoms with Crippen molar-refractivity contribution in [1.29, 1.82) is 0 Å². The molecule has 2 aromatic carbocycles. The lowest BCUT2D eigenvalue weighted by molar-refractivity contribution is -0.114. The molecule has 0 aliphatic carbocycles. The molecule has 0 bridgehead atoms. The minimum Gasteiger partial charge on any atom is -0.392 e. The van der Waals surface area contributed by atoms with Crippen LogP contribution in [0.15, 0.2) is 66.9 Å². The van der Waals surface area contributed by atoms with Crippen LogP contribution in [0.25, 0.3) is 16.8 Å². The number of aromatic nitrogens is 3. The molecular weight excluding hydrogens is 354 g/mol. The number of aliphatic hydroxyl groups is 1. The topological polar surface area (TPSA) is 91.5 Å². The number of anilines is 3. The lowest BCUT2D eigenvalue weighted by Crippen LogP contribution is -2.05. The zero-order chi connectivity index (χ0) is 19.5. The first kappa shape index (κ1) is 17.7. The van der Waals surface area contributed by atoms with Gasteiger partial charge in [-0.25, -0.2) is 4.52 Å². The number of carbonyl (C=O) groups is 1. The van der Waals surface area contributed by atoms with Crippen LogP contribution in [0.1, 0.15) is 12.5 Å². The van der Waals surface area contributed by atoms with E-state index in [0.717, 1.165) is 33.7 Å². The van der Waals surface area contributed by atoms with Gasteiger partial charge in [0.25, 0.3) is 0 Å². The molecule has 0 saturated heterocycles. The second kappa shape index (κ2) is 7.50. The lowest BCUT2D eigenvalue weighted by Gasteiger charge is -2.04. The summed E-state index contributed by atoms with van der Waals surface area (Å²) in [5.74, 6) is 0.369. The van der Waals surface area contributed by atoms with E-state index in [4.69, 9.17) is 0 Å². The van der Waals surface area contributed by atoms with Crippen LogP contribution in [-0.4, -0.2) is 25.6 Å². The molecule has 0 fully saturated rings. The highest BCUT2D eigenvalue weighted by molar-refractivity contribution is 5.88. The Bertz CT molecular complexity index is 1120. The summed E-state index contributed by atoms with van der Waals surface area (Å²) in [6.07, 6.45) is 1.85. The molecule has 4 rings (SSSR count). The quantitative estimate of drug-likeness (QED) is 0.497. The molecule has 0 unspecified atom stereocenters. The van der Waals surface area contributed by atoms with Crippen LogP contribution in [0, 0.1) is 0 Å². The smallest absolute Gasteiger partial charge is 0.247 e. The largest absolute Gasteiger partial charge is 0.392 e. The highest BCUT2D eigenvalue weighted by Crippen LogP contribution is 2.25. The highest BCUT2D eigenvalue weighted by atomic mass is 16.3. The Morgan fingerprint density at radius 2 is 1.75 bits per heavy atom. The van der Waals surface area contributed by atoms with Crippen LogP contribution < -0.4 is 10.6 Å². The number of hydrogen-bond donors (Lipinski definition) is 3. The molecule has 0 atom stereocenters. The molecule has 2 heterocycles. The van der Waals surface area contributed by atoms with E-state index in [9.17, 15) is 9.90 Å². The first-order chi connectivity index (χ1) is 13.6. The lowest BCUT2D eigenvalue weighted by atomic mass is 10.1. The number of amides is 1. The maximum absolute atomic E-state index is 11.1. The van der Waals surface area contributed by atoms with Crippen molar-refractivity contribution in [2.45, 2.75) is 13.5 Å². The molecule has 140 valence electrons. The van der Waals surface area contributed by atoms with Gasteiger partial charge in [-0.1, -0.05) is 24.3 Å². The zero-order valence-electron chi connectivity index (χ0n) is 15.3. The molecule has 28 heavy (non-hydrogen) atoms. The third-order valence-corrected chi connectivity index (χ3v) is 4.27. The van der Waals surface area contributed by atoms with E-state index in [1.54, 1.807) is 4.52 Å². The molecular formula is C21H19N5O2. The number of aliphatic hydroxyl groups excluding tert-OH is 1. The standard InChI is InChI=1S/C21H19N5O2/c1-14(28)22-17-8-10-18(11-9-17)23-21-24-20-19(3-2-12-26(20)25-21)16-6-4-15(13-27)5-7-16/h2-12,27H,13H2,1H3,(H,22,28)(H,23,25). The molecule has 1 amide bonds. The number of pyridine rings is 1. The molecule has 7 heteroatoms. The van der Waals surface area contributed by atoms with Gasteiger partial charge in [-0.15, -0.1) is 5.10 Å². The van der Waals surface area contributed by atoms with Gasteiger partial charge in [0, 0.05) is 30.1 Å². The summed E-state index contributed by atoms with van der Waals surface area (Å²) in [7, 11) is 0. The summed E-state index contributed by atoms with van der Waals surface area (Å²) < 4.78 is 1.73. The normalized spacial score (nSPS) is 10.8. The number of hydrogen-bond acceptors (Lipinski definition) is 5. The molecule has 0 spiro atoms. The van der Waals surface area contributed by atoms with Crippen LogP contribution >= 0.6 is 0 Å². The SMILES string of the molecule is CC(=O)Nc1ccc(Nc2nc3c(-c4ccc(CO)cc4)cccn3n2)cc1. The molecule has 0 radical (unpaired) electrons. The van der Waals surface area contributed by atoms with E-state index < -0.39 is 0 Å². The van der Waals surface area contributed by atoms with Crippen molar-refractivity contribution in [3.63, 3.8) is 0 Å². The number of nitrogens with one attached hydrogen (secondary N) is 2. The number of carbonyl (C=O) groups excluding carboxylic acids is 1. The first-order valence-corrected chi connectivity index (χ1v) is 8.82. The predicted octanol–water partition coefficient (Wildman–Crippen LogP) is 3.59. The van der Waals surface area contributed by atoms with Gasteiger partial charge in [-0.05, 0) is 47.5 Å². The number of benzene rings is 2. The van der Waals surface area contributed by atoms with Crippen molar-refractivity contribution < 1.29 is 9.90 Å². The van der Waals surface area contributed by atoms with Crippen molar-refractivity contribution in [3.8, 4) is 11.1 Å². The highest BCUT2D eigenvalue weighted by Gasteiger charge is 2.10. The van der Waals surface area contributed by atoms with Gasteiger partial charge in [-0.2, -0.15) is 4.98 Å². The van der Waals surface area contributed by atoms with E-state index in [1.807, 2.05) is 66.9 Å². The third kappa shape index (κ3) is 3.70. The van der Waals surface area contributed by atoms with Crippen LogP contribution in [0.3, 0.4) is 0 Å². The van der Waals surface area contributed by atoms with Crippen molar-refractivity contribution in [3.05, 3.63) is 72.4 Å². The van der Waals surface area contributed by atoms with Gasteiger partial charge in [0.05, 0.1) is 6.61 Å². The fourth-order valence-corrected chi connectivity index (χ4v) is 2.94. The number of nitrogens with zero attached hydrogens (tertiary/aromatic N) is 3.